The van der Waals surface area contributed by atoms with Crippen LogP contribution in [-0.2, 0) is 0 Å². The average molecular weight is 248 g/mol. The molecule has 4 unspecified atom stereocenters. The van der Waals surface area contributed by atoms with E-state index in [0.29, 0.717) is 0 Å². The summed E-state index contributed by atoms with van der Waals surface area (Å²) in [6.07, 6.45) is 15.5. The van der Waals surface area contributed by atoms with E-state index in [1.807, 2.05) is 0 Å². The maximum absolute atomic E-state index is 4.00. The van der Waals surface area contributed by atoms with Crippen molar-refractivity contribution in [2.45, 2.75) is 71.6 Å². The number of hydrogen-bond acceptors (Lipinski definition) is 0. The van der Waals surface area contributed by atoms with Crippen LogP contribution < -0.4 is 0 Å². The molecule has 0 heterocycles. The monoisotopic (exact) mass is 248 g/mol. The van der Waals surface area contributed by atoms with E-state index in [-0.39, 0.29) is 0 Å². The third-order valence-electron chi connectivity index (χ3n) is 5.76. The van der Waals surface area contributed by atoms with Gasteiger partial charge in [-0.25, -0.2) is 0 Å². The van der Waals surface area contributed by atoms with E-state index < -0.39 is 0 Å². The van der Waals surface area contributed by atoms with E-state index in [1.165, 1.54) is 57.8 Å². The molecule has 2 aliphatic rings. The van der Waals surface area contributed by atoms with Gasteiger partial charge in [0.2, 0.25) is 0 Å². The molecular formula is C18H32. The van der Waals surface area contributed by atoms with Crippen LogP contribution in [0.15, 0.2) is 12.7 Å². The highest BCUT2D eigenvalue weighted by molar-refractivity contribution is 4.89. The second-order valence-corrected chi connectivity index (χ2v) is 7.03. The van der Waals surface area contributed by atoms with E-state index in [2.05, 4.69) is 26.5 Å². The van der Waals surface area contributed by atoms with Gasteiger partial charge in [-0.1, -0.05) is 52.0 Å². The normalized spacial score (nSPS) is 34.9. The lowest BCUT2D eigenvalue weighted by Crippen LogP contribution is -2.28. The van der Waals surface area contributed by atoms with E-state index in [0.717, 1.165) is 29.6 Å². The smallest absolute Gasteiger partial charge is 0.0210 e. The van der Waals surface area contributed by atoms with Crippen LogP contribution in [0.2, 0.25) is 0 Å². The van der Waals surface area contributed by atoms with Crippen LogP contribution in [0, 0.1) is 29.6 Å². The number of rotatable bonds is 6. The van der Waals surface area contributed by atoms with Gasteiger partial charge in [0.25, 0.3) is 0 Å². The molecule has 0 aliphatic heterocycles. The van der Waals surface area contributed by atoms with Crippen molar-refractivity contribution in [3.63, 3.8) is 0 Å². The van der Waals surface area contributed by atoms with Gasteiger partial charge in [-0.05, 0) is 55.3 Å². The van der Waals surface area contributed by atoms with Gasteiger partial charge in [0, 0.05) is 0 Å². The molecular weight excluding hydrogens is 216 g/mol. The van der Waals surface area contributed by atoms with Gasteiger partial charge in [-0.15, -0.1) is 6.58 Å². The number of allylic oxidation sites excluding steroid dienone is 1. The minimum absolute atomic E-state index is 0.801. The third-order valence-corrected chi connectivity index (χ3v) is 5.76. The molecule has 0 aromatic heterocycles. The molecule has 0 bridgehead atoms. The Kier molecular flexibility index (Phi) is 5.33. The van der Waals surface area contributed by atoms with Crippen LogP contribution in [0.4, 0.5) is 0 Å². The highest BCUT2D eigenvalue weighted by Gasteiger charge is 2.31. The third kappa shape index (κ3) is 3.39. The zero-order chi connectivity index (χ0) is 13.0. The summed E-state index contributed by atoms with van der Waals surface area (Å²) in [7, 11) is 0. The van der Waals surface area contributed by atoms with Crippen molar-refractivity contribution in [2.24, 2.45) is 29.6 Å². The SMILES string of the molecule is C=CC1CCC(CC(CCC)C2CCC2)CC1C. The second-order valence-electron chi connectivity index (χ2n) is 7.03. The van der Waals surface area contributed by atoms with Crippen LogP contribution in [0.25, 0.3) is 0 Å². The molecule has 0 spiro atoms. The Bertz CT molecular complexity index is 251. The fraction of sp³-hybridized carbons (Fsp3) is 0.889. The molecule has 2 aliphatic carbocycles. The van der Waals surface area contributed by atoms with Crippen molar-refractivity contribution >= 4 is 0 Å². The lowest BCUT2D eigenvalue weighted by atomic mass is 9.67. The molecule has 0 heteroatoms. The summed E-state index contributed by atoms with van der Waals surface area (Å²) < 4.78 is 0. The number of hydrogen-bond donors (Lipinski definition) is 0. The van der Waals surface area contributed by atoms with Gasteiger partial charge >= 0.3 is 0 Å². The Morgan fingerprint density at radius 2 is 2.00 bits per heavy atom. The zero-order valence-electron chi connectivity index (χ0n) is 12.5. The fourth-order valence-electron chi connectivity index (χ4n) is 4.35. The minimum atomic E-state index is 0.801. The Morgan fingerprint density at radius 1 is 1.22 bits per heavy atom. The maximum Gasteiger partial charge on any atom is -0.0210 e. The molecule has 0 aromatic rings. The van der Waals surface area contributed by atoms with Crippen LogP contribution in [0.3, 0.4) is 0 Å². The average Bonchev–Trinajstić information content (AvgIpc) is 2.27. The first-order valence-electron chi connectivity index (χ1n) is 8.37. The molecule has 0 saturated heterocycles. The van der Waals surface area contributed by atoms with Crippen LogP contribution in [0.1, 0.15) is 71.6 Å². The van der Waals surface area contributed by atoms with Crippen LogP contribution in [0.5, 0.6) is 0 Å². The second kappa shape index (κ2) is 6.78. The summed E-state index contributed by atoms with van der Waals surface area (Å²) in [5, 5.41) is 0. The van der Waals surface area contributed by atoms with Gasteiger partial charge in [0.1, 0.15) is 0 Å². The van der Waals surface area contributed by atoms with Crippen LogP contribution in [-0.4, -0.2) is 0 Å². The summed E-state index contributed by atoms with van der Waals surface area (Å²) in [4.78, 5) is 0. The summed E-state index contributed by atoms with van der Waals surface area (Å²) in [6.45, 7) is 8.81. The van der Waals surface area contributed by atoms with Crippen molar-refractivity contribution in [2.75, 3.05) is 0 Å². The highest BCUT2D eigenvalue weighted by Crippen LogP contribution is 2.43. The molecule has 18 heavy (non-hydrogen) atoms. The molecule has 0 radical (unpaired) electrons. The lowest BCUT2D eigenvalue weighted by molar-refractivity contribution is 0.130. The summed E-state index contributed by atoms with van der Waals surface area (Å²) >= 11 is 0. The Hall–Kier alpha value is -0.260. The van der Waals surface area contributed by atoms with Crippen molar-refractivity contribution in [3.8, 4) is 0 Å². The van der Waals surface area contributed by atoms with E-state index >= 15 is 0 Å². The summed E-state index contributed by atoms with van der Waals surface area (Å²) in [5.74, 6) is 4.85. The quantitative estimate of drug-likeness (QED) is 0.519. The maximum atomic E-state index is 4.00. The molecule has 2 rings (SSSR count). The van der Waals surface area contributed by atoms with E-state index in [9.17, 15) is 0 Å². The summed E-state index contributed by atoms with van der Waals surface area (Å²) in [5.41, 5.74) is 0. The highest BCUT2D eigenvalue weighted by atomic mass is 14.4. The van der Waals surface area contributed by atoms with Crippen molar-refractivity contribution in [3.05, 3.63) is 12.7 Å². The van der Waals surface area contributed by atoms with Crippen molar-refractivity contribution in [1.82, 2.24) is 0 Å². The van der Waals surface area contributed by atoms with Crippen molar-refractivity contribution in [1.29, 1.82) is 0 Å². The summed E-state index contributed by atoms with van der Waals surface area (Å²) in [6, 6.07) is 0. The fourth-order valence-corrected chi connectivity index (χ4v) is 4.35. The minimum Gasteiger partial charge on any atom is -0.103 e. The first kappa shape index (κ1) is 14.2. The molecule has 0 amide bonds. The zero-order valence-corrected chi connectivity index (χ0v) is 12.5. The van der Waals surface area contributed by atoms with Gasteiger partial charge in [0.15, 0.2) is 0 Å². The Balaban J connectivity index is 1.82. The lowest BCUT2D eigenvalue weighted by Gasteiger charge is -2.39. The first-order valence-corrected chi connectivity index (χ1v) is 8.37. The largest absolute Gasteiger partial charge is 0.103 e. The molecule has 104 valence electrons. The van der Waals surface area contributed by atoms with Crippen LogP contribution >= 0.6 is 0 Å². The molecule has 4 atom stereocenters. The van der Waals surface area contributed by atoms with E-state index in [1.54, 1.807) is 0 Å². The molecule has 2 saturated carbocycles. The molecule has 0 N–H and O–H groups in total. The molecule has 2 fully saturated rings. The Labute approximate surface area is 114 Å². The van der Waals surface area contributed by atoms with Gasteiger partial charge < -0.3 is 0 Å². The van der Waals surface area contributed by atoms with Gasteiger partial charge in [0.05, 0.1) is 0 Å². The van der Waals surface area contributed by atoms with Gasteiger partial charge in [-0.2, -0.15) is 0 Å². The molecule has 0 aromatic carbocycles. The standard InChI is InChI=1S/C18H32/c1-4-7-18(17-8-6-9-17)13-15-10-11-16(5-2)14(3)12-15/h5,14-18H,2,4,6-13H2,1,3H3. The van der Waals surface area contributed by atoms with Gasteiger partial charge in [-0.3, -0.25) is 0 Å². The first-order chi connectivity index (χ1) is 8.74. The predicted molar refractivity (Wildman–Crippen MR) is 80.5 cm³/mol. The predicted octanol–water partition coefficient (Wildman–Crippen LogP) is 5.83. The Morgan fingerprint density at radius 3 is 2.50 bits per heavy atom. The van der Waals surface area contributed by atoms with Crippen molar-refractivity contribution < 1.29 is 0 Å². The van der Waals surface area contributed by atoms with E-state index in [4.69, 9.17) is 0 Å². The topological polar surface area (TPSA) is 0 Å². The molecule has 0 nitrogen and oxygen atoms in total.